The van der Waals surface area contributed by atoms with Crippen LogP contribution in [0.2, 0.25) is 0 Å². The number of likely N-dealkylation sites (tertiary alicyclic amines) is 1. The molecule has 2 aliphatic rings. The van der Waals surface area contributed by atoms with Crippen LogP contribution in [0, 0.1) is 11.8 Å². The van der Waals surface area contributed by atoms with E-state index in [0.717, 1.165) is 25.7 Å². The van der Waals surface area contributed by atoms with Gasteiger partial charge < -0.3 is 26.2 Å². The van der Waals surface area contributed by atoms with Crippen molar-refractivity contribution >= 4 is 29.3 Å². The summed E-state index contributed by atoms with van der Waals surface area (Å²) < 4.78 is 0. The van der Waals surface area contributed by atoms with Gasteiger partial charge in [0.2, 0.25) is 5.91 Å². The number of carbonyl (C=O) groups is 3. The lowest BCUT2D eigenvalue weighted by Crippen LogP contribution is -2.48. The number of hydrogen-bond donors (Lipinski definition) is 4. The Balaban J connectivity index is 1.46. The van der Waals surface area contributed by atoms with Crippen LogP contribution in [-0.2, 0) is 4.79 Å². The number of benzene rings is 1. The summed E-state index contributed by atoms with van der Waals surface area (Å²) in [6, 6.07) is 6.86. The molecule has 1 atom stereocenters. The van der Waals surface area contributed by atoms with Crippen molar-refractivity contribution in [2.45, 2.75) is 64.8 Å². The molecule has 0 radical (unpaired) electrons. The van der Waals surface area contributed by atoms with Gasteiger partial charge in [0.15, 0.2) is 0 Å². The van der Waals surface area contributed by atoms with Crippen LogP contribution in [0.15, 0.2) is 24.3 Å². The predicted octanol–water partition coefficient (Wildman–Crippen LogP) is 4.16. The molecule has 3 rings (SSSR count). The molecule has 1 aliphatic carbocycles. The van der Waals surface area contributed by atoms with Gasteiger partial charge in [0, 0.05) is 37.1 Å². The van der Waals surface area contributed by atoms with E-state index in [-0.39, 0.29) is 23.9 Å². The minimum atomic E-state index is -0.249. The number of carbonyl (C=O) groups excluding carboxylic acids is 3. The van der Waals surface area contributed by atoms with Crippen LogP contribution in [0.3, 0.4) is 0 Å². The second kappa shape index (κ2) is 11.7. The summed E-state index contributed by atoms with van der Waals surface area (Å²) in [4.78, 5) is 39.0. The average molecular weight is 444 g/mol. The van der Waals surface area contributed by atoms with Gasteiger partial charge in [0.25, 0.3) is 0 Å². The maximum Gasteiger partial charge on any atom is 0.321 e. The zero-order valence-electron chi connectivity index (χ0n) is 19.3. The fraction of sp³-hybridized carbons (Fsp3) is 0.625. The number of nitrogens with zero attached hydrogens (tertiary/aromatic N) is 1. The van der Waals surface area contributed by atoms with E-state index in [1.807, 2.05) is 13.8 Å². The van der Waals surface area contributed by atoms with Crippen molar-refractivity contribution in [1.29, 1.82) is 0 Å². The van der Waals surface area contributed by atoms with Gasteiger partial charge in [0.05, 0.1) is 5.92 Å². The highest BCUT2D eigenvalue weighted by molar-refractivity contribution is 5.92. The standard InChI is InChI=1S/C24H37N5O3/c1-17(2)15-25-23(31)27-20-10-12-21(13-11-20)28-24(32)29-14-6-7-18(16-29)22(30)26-19-8-4-3-5-9-19/h10-13,17-19H,3-9,14-16H2,1-2H3,(H,26,30)(H,28,32)(H2,25,27,31). The van der Waals surface area contributed by atoms with Crippen molar-refractivity contribution < 1.29 is 14.4 Å². The van der Waals surface area contributed by atoms with Crippen molar-refractivity contribution in [2.75, 3.05) is 30.3 Å². The van der Waals surface area contributed by atoms with E-state index in [0.29, 0.717) is 43.0 Å². The van der Waals surface area contributed by atoms with Gasteiger partial charge in [-0.3, -0.25) is 4.79 Å². The first-order chi connectivity index (χ1) is 15.4. The molecule has 176 valence electrons. The van der Waals surface area contributed by atoms with E-state index in [1.54, 1.807) is 29.2 Å². The van der Waals surface area contributed by atoms with Crippen LogP contribution < -0.4 is 21.3 Å². The molecular formula is C24H37N5O3. The molecule has 8 heteroatoms. The summed E-state index contributed by atoms with van der Waals surface area (Å²) in [5, 5.41) is 11.7. The lowest BCUT2D eigenvalue weighted by Gasteiger charge is -2.33. The van der Waals surface area contributed by atoms with Crippen molar-refractivity contribution in [2.24, 2.45) is 11.8 Å². The van der Waals surface area contributed by atoms with Gasteiger partial charge in [-0.2, -0.15) is 0 Å². The maximum absolute atomic E-state index is 12.7. The van der Waals surface area contributed by atoms with Gasteiger partial charge in [0.1, 0.15) is 0 Å². The van der Waals surface area contributed by atoms with Gasteiger partial charge in [-0.15, -0.1) is 0 Å². The van der Waals surface area contributed by atoms with E-state index in [9.17, 15) is 14.4 Å². The smallest absolute Gasteiger partial charge is 0.321 e. The molecule has 1 aromatic carbocycles. The second-order valence-corrected chi connectivity index (χ2v) is 9.37. The summed E-state index contributed by atoms with van der Waals surface area (Å²) in [7, 11) is 0. The lowest BCUT2D eigenvalue weighted by molar-refractivity contribution is -0.127. The van der Waals surface area contributed by atoms with Gasteiger partial charge >= 0.3 is 12.1 Å². The van der Waals surface area contributed by atoms with Crippen LogP contribution in [-0.4, -0.2) is 48.5 Å². The number of hydrogen-bond acceptors (Lipinski definition) is 3. The third-order valence-corrected chi connectivity index (χ3v) is 6.10. The minimum absolute atomic E-state index is 0.0839. The summed E-state index contributed by atoms with van der Waals surface area (Å²) in [5.41, 5.74) is 1.30. The highest BCUT2D eigenvalue weighted by Gasteiger charge is 2.29. The van der Waals surface area contributed by atoms with Gasteiger partial charge in [-0.05, 0) is 55.9 Å². The predicted molar refractivity (Wildman–Crippen MR) is 127 cm³/mol. The van der Waals surface area contributed by atoms with E-state index in [2.05, 4.69) is 21.3 Å². The van der Waals surface area contributed by atoms with E-state index in [4.69, 9.17) is 0 Å². The molecule has 0 aromatic heterocycles. The minimum Gasteiger partial charge on any atom is -0.353 e. The molecular weight excluding hydrogens is 406 g/mol. The zero-order chi connectivity index (χ0) is 22.9. The molecule has 1 aliphatic heterocycles. The highest BCUT2D eigenvalue weighted by atomic mass is 16.2. The Bertz CT molecular complexity index is 774. The fourth-order valence-corrected chi connectivity index (χ4v) is 4.25. The molecule has 0 bridgehead atoms. The Hall–Kier alpha value is -2.77. The normalized spacial score (nSPS) is 19.3. The van der Waals surface area contributed by atoms with Crippen LogP contribution in [0.5, 0.6) is 0 Å². The quantitative estimate of drug-likeness (QED) is 0.531. The molecule has 1 saturated carbocycles. The summed E-state index contributed by atoms with van der Waals surface area (Å²) in [6.07, 6.45) is 7.39. The molecule has 2 fully saturated rings. The first kappa shape index (κ1) is 23.9. The Labute approximate surface area is 190 Å². The third kappa shape index (κ3) is 7.43. The first-order valence-electron chi connectivity index (χ1n) is 11.9. The summed E-state index contributed by atoms with van der Waals surface area (Å²) in [6.45, 7) is 5.77. The van der Waals surface area contributed by atoms with Crippen molar-refractivity contribution in [3.05, 3.63) is 24.3 Å². The lowest BCUT2D eigenvalue weighted by atomic mass is 9.93. The number of nitrogens with one attached hydrogen (secondary N) is 4. The summed E-state index contributed by atoms with van der Waals surface area (Å²) >= 11 is 0. The fourth-order valence-electron chi connectivity index (χ4n) is 4.25. The SMILES string of the molecule is CC(C)CNC(=O)Nc1ccc(NC(=O)N2CCCC(C(=O)NC3CCCCC3)C2)cc1. The molecule has 0 spiro atoms. The largest absolute Gasteiger partial charge is 0.353 e. The molecule has 1 aromatic rings. The average Bonchev–Trinajstić information content (AvgIpc) is 2.79. The zero-order valence-corrected chi connectivity index (χ0v) is 19.3. The number of piperidine rings is 1. The van der Waals surface area contributed by atoms with Crippen molar-refractivity contribution in [3.63, 3.8) is 0 Å². The van der Waals surface area contributed by atoms with E-state index < -0.39 is 0 Å². The number of rotatable bonds is 6. The molecule has 32 heavy (non-hydrogen) atoms. The van der Waals surface area contributed by atoms with Gasteiger partial charge in [-0.25, -0.2) is 9.59 Å². The third-order valence-electron chi connectivity index (χ3n) is 6.10. The Morgan fingerprint density at radius 3 is 2.25 bits per heavy atom. The van der Waals surface area contributed by atoms with Crippen molar-refractivity contribution in [3.8, 4) is 0 Å². The van der Waals surface area contributed by atoms with E-state index >= 15 is 0 Å². The van der Waals surface area contributed by atoms with Crippen LogP contribution in [0.1, 0.15) is 58.8 Å². The topological polar surface area (TPSA) is 103 Å². The molecule has 1 saturated heterocycles. The monoisotopic (exact) mass is 443 g/mol. The highest BCUT2D eigenvalue weighted by Crippen LogP contribution is 2.22. The summed E-state index contributed by atoms with van der Waals surface area (Å²) in [5.74, 6) is 0.319. The van der Waals surface area contributed by atoms with Gasteiger partial charge in [-0.1, -0.05) is 33.1 Å². The first-order valence-corrected chi connectivity index (χ1v) is 11.9. The van der Waals surface area contributed by atoms with E-state index in [1.165, 1.54) is 19.3 Å². The molecule has 5 amide bonds. The van der Waals surface area contributed by atoms with Crippen molar-refractivity contribution in [1.82, 2.24) is 15.5 Å². The molecule has 1 unspecified atom stereocenters. The Kier molecular flexibility index (Phi) is 8.76. The second-order valence-electron chi connectivity index (χ2n) is 9.37. The number of amides is 5. The maximum atomic E-state index is 12.7. The number of urea groups is 2. The molecule has 4 N–H and O–H groups in total. The van der Waals surface area contributed by atoms with Crippen LogP contribution in [0.4, 0.5) is 21.0 Å². The molecule has 8 nitrogen and oxygen atoms in total. The Morgan fingerprint density at radius 2 is 1.59 bits per heavy atom. The number of anilines is 2. The molecule has 1 heterocycles. The van der Waals surface area contributed by atoms with Crippen LogP contribution >= 0.6 is 0 Å². The van der Waals surface area contributed by atoms with Crippen LogP contribution in [0.25, 0.3) is 0 Å². The Morgan fingerprint density at radius 1 is 0.938 bits per heavy atom.